The number of rotatable bonds is 8. The molecule has 2 aromatic carbocycles. The van der Waals surface area contributed by atoms with Gasteiger partial charge in [-0.2, -0.15) is 5.10 Å². The summed E-state index contributed by atoms with van der Waals surface area (Å²) in [4.78, 5) is 17.5. The van der Waals surface area contributed by atoms with Crippen LogP contribution in [-0.2, 0) is 4.79 Å². The molecule has 150 valence electrons. The average molecular weight is 411 g/mol. The van der Waals surface area contributed by atoms with Gasteiger partial charge in [0.2, 0.25) is 5.91 Å². The van der Waals surface area contributed by atoms with Crippen molar-refractivity contribution in [1.82, 2.24) is 10.4 Å². The molecule has 0 aliphatic rings. The summed E-state index contributed by atoms with van der Waals surface area (Å²) in [5.41, 5.74) is 4.06. The fourth-order valence-electron chi connectivity index (χ4n) is 2.70. The Labute approximate surface area is 173 Å². The van der Waals surface area contributed by atoms with Crippen LogP contribution < -0.4 is 19.6 Å². The number of fused-ring (bicyclic) bond motifs is 1. The van der Waals surface area contributed by atoms with Crippen molar-refractivity contribution in [2.75, 3.05) is 27.1 Å². The second-order valence-corrected chi connectivity index (χ2v) is 6.88. The minimum atomic E-state index is -0.223. The van der Waals surface area contributed by atoms with E-state index >= 15 is 0 Å². The van der Waals surface area contributed by atoms with Gasteiger partial charge in [0.25, 0.3) is 0 Å². The Morgan fingerprint density at radius 1 is 1.07 bits per heavy atom. The molecule has 0 aliphatic carbocycles. The molecule has 0 atom stereocenters. The van der Waals surface area contributed by atoms with Crippen LogP contribution in [0.2, 0.25) is 0 Å². The molecule has 0 saturated heterocycles. The van der Waals surface area contributed by atoms with Gasteiger partial charge < -0.3 is 14.2 Å². The summed E-state index contributed by atoms with van der Waals surface area (Å²) in [6, 6.07) is 13.2. The summed E-state index contributed by atoms with van der Waals surface area (Å²) in [5.74, 6) is 1.64. The molecular weight excluding hydrogens is 390 g/mol. The second kappa shape index (κ2) is 9.79. The molecule has 0 spiro atoms. The zero-order valence-electron chi connectivity index (χ0n) is 16.3. The first-order chi connectivity index (χ1) is 14.2. The Balaban J connectivity index is 1.64. The van der Waals surface area contributed by atoms with E-state index in [1.807, 2.05) is 30.3 Å². The van der Waals surface area contributed by atoms with Crippen LogP contribution in [-0.4, -0.2) is 44.2 Å². The first kappa shape index (κ1) is 20.5. The number of carbonyl (C=O) groups is 1. The van der Waals surface area contributed by atoms with Crippen molar-refractivity contribution in [2.24, 2.45) is 5.10 Å². The number of methoxy groups -OCH3 is 3. The van der Waals surface area contributed by atoms with Gasteiger partial charge in [-0.1, -0.05) is 18.2 Å². The number of hydrogen-bond acceptors (Lipinski definition) is 7. The van der Waals surface area contributed by atoms with Gasteiger partial charge >= 0.3 is 0 Å². The molecular formula is C21H21N3O4S. The predicted octanol–water partition coefficient (Wildman–Crippen LogP) is 3.50. The third-order valence-electron chi connectivity index (χ3n) is 4.08. The van der Waals surface area contributed by atoms with E-state index in [-0.39, 0.29) is 11.7 Å². The van der Waals surface area contributed by atoms with Crippen LogP contribution in [0.15, 0.2) is 58.7 Å². The van der Waals surface area contributed by atoms with Crippen LogP contribution in [0.1, 0.15) is 5.56 Å². The molecule has 3 rings (SSSR count). The fourth-order valence-corrected chi connectivity index (χ4v) is 3.53. The molecule has 8 heteroatoms. The number of pyridine rings is 1. The maximum Gasteiger partial charge on any atom is 0.250 e. The lowest BCUT2D eigenvalue weighted by atomic mass is 10.2. The van der Waals surface area contributed by atoms with Gasteiger partial charge in [-0.25, -0.2) is 5.43 Å². The smallest absolute Gasteiger partial charge is 0.250 e. The van der Waals surface area contributed by atoms with Crippen molar-refractivity contribution in [3.8, 4) is 17.2 Å². The van der Waals surface area contributed by atoms with Crippen molar-refractivity contribution in [1.29, 1.82) is 0 Å². The van der Waals surface area contributed by atoms with Gasteiger partial charge in [-0.05, 0) is 18.2 Å². The van der Waals surface area contributed by atoms with Crippen LogP contribution in [0.3, 0.4) is 0 Å². The Kier molecular flexibility index (Phi) is 6.91. The van der Waals surface area contributed by atoms with Crippen molar-refractivity contribution >= 4 is 34.8 Å². The van der Waals surface area contributed by atoms with Crippen LogP contribution in [0.25, 0.3) is 10.9 Å². The average Bonchev–Trinajstić information content (AvgIpc) is 2.77. The van der Waals surface area contributed by atoms with E-state index in [0.717, 1.165) is 15.8 Å². The topological polar surface area (TPSA) is 82.0 Å². The number of benzene rings is 2. The third kappa shape index (κ3) is 4.97. The summed E-state index contributed by atoms with van der Waals surface area (Å²) in [7, 11) is 4.65. The molecule has 0 fully saturated rings. The first-order valence-electron chi connectivity index (χ1n) is 8.74. The van der Waals surface area contributed by atoms with E-state index in [0.29, 0.717) is 22.8 Å². The van der Waals surface area contributed by atoms with Gasteiger partial charge in [-0.3, -0.25) is 9.78 Å². The summed E-state index contributed by atoms with van der Waals surface area (Å²) in [6.45, 7) is 0. The predicted molar refractivity (Wildman–Crippen MR) is 114 cm³/mol. The van der Waals surface area contributed by atoms with E-state index < -0.39 is 0 Å². The highest BCUT2D eigenvalue weighted by molar-refractivity contribution is 8.00. The number of ether oxygens (including phenoxy) is 3. The van der Waals surface area contributed by atoms with E-state index in [4.69, 9.17) is 14.2 Å². The maximum atomic E-state index is 12.2. The molecule has 1 heterocycles. The van der Waals surface area contributed by atoms with Gasteiger partial charge in [-0.15, -0.1) is 11.8 Å². The number of nitrogens with one attached hydrogen (secondary N) is 1. The van der Waals surface area contributed by atoms with Crippen molar-refractivity contribution in [3.05, 3.63) is 54.2 Å². The Morgan fingerprint density at radius 2 is 1.79 bits per heavy atom. The zero-order valence-corrected chi connectivity index (χ0v) is 17.2. The van der Waals surface area contributed by atoms with Crippen LogP contribution in [0.5, 0.6) is 17.2 Å². The molecule has 1 amide bonds. The minimum Gasteiger partial charge on any atom is -0.496 e. The van der Waals surface area contributed by atoms with Crippen LogP contribution in [0.4, 0.5) is 0 Å². The molecule has 29 heavy (non-hydrogen) atoms. The van der Waals surface area contributed by atoms with Crippen molar-refractivity contribution in [3.63, 3.8) is 0 Å². The lowest BCUT2D eigenvalue weighted by molar-refractivity contribution is -0.118. The molecule has 0 unspecified atom stereocenters. The largest absolute Gasteiger partial charge is 0.496 e. The zero-order chi connectivity index (χ0) is 20.6. The monoisotopic (exact) mass is 411 g/mol. The Morgan fingerprint density at radius 3 is 2.55 bits per heavy atom. The molecule has 0 saturated carbocycles. The number of carbonyl (C=O) groups excluding carboxylic acids is 1. The van der Waals surface area contributed by atoms with E-state index in [1.54, 1.807) is 39.7 Å². The molecule has 0 bridgehead atoms. The summed E-state index contributed by atoms with van der Waals surface area (Å²) < 4.78 is 15.9. The van der Waals surface area contributed by atoms with Crippen LogP contribution in [0, 0.1) is 0 Å². The lowest BCUT2D eigenvalue weighted by Gasteiger charge is -2.11. The summed E-state index contributed by atoms with van der Waals surface area (Å²) in [6.07, 6.45) is 3.25. The molecule has 7 nitrogen and oxygen atoms in total. The number of thioether (sulfide) groups is 1. The SMILES string of the molecule is COc1cc(OC)c(OC)cc1/C=N\NC(=O)CSc1cccc2cccnc12. The highest BCUT2D eigenvalue weighted by atomic mass is 32.2. The number of hydrazone groups is 1. The Hall–Kier alpha value is -3.26. The molecule has 1 aromatic heterocycles. The first-order valence-corrected chi connectivity index (χ1v) is 9.73. The highest BCUT2D eigenvalue weighted by Crippen LogP contribution is 2.33. The van der Waals surface area contributed by atoms with Gasteiger partial charge in [0.1, 0.15) is 5.75 Å². The summed E-state index contributed by atoms with van der Waals surface area (Å²) in [5, 5.41) is 5.06. The minimum absolute atomic E-state index is 0.218. The number of amides is 1. The number of para-hydroxylation sites is 1. The van der Waals surface area contributed by atoms with Gasteiger partial charge in [0.05, 0.1) is 38.8 Å². The number of hydrogen-bond donors (Lipinski definition) is 1. The lowest BCUT2D eigenvalue weighted by Crippen LogP contribution is -2.19. The maximum absolute atomic E-state index is 12.2. The van der Waals surface area contributed by atoms with Crippen molar-refractivity contribution in [2.45, 2.75) is 4.90 Å². The van der Waals surface area contributed by atoms with Gasteiger partial charge in [0.15, 0.2) is 11.5 Å². The molecule has 0 aliphatic heterocycles. The number of nitrogens with zero attached hydrogens (tertiary/aromatic N) is 2. The quantitative estimate of drug-likeness (QED) is 0.347. The van der Waals surface area contributed by atoms with Gasteiger partial charge in [0, 0.05) is 28.1 Å². The Bertz CT molecular complexity index is 1030. The van der Waals surface area contributed by atoms with E-state index in [2.05, 4.69) is 15.5 Å². The molecule has 1 N–H and O–H groups in total. The fraction of sp³-hybridized carbons (Fsp3) is 0.190. The van der Waals surface area contributed by atoms with E-state index in [1.165, 1.54) is 18.0 Å². The van der Waals surface area contributed by atoms with Crippen molar-refractivity contribution < 1.29 is 19.0 Å². The highest BCUT2D eigenvalue weighted by Gasteiger charge is 2.11. The van der Waals surface area contributed by atoms with E-state index in [9.17, 15) is 4.79 Å². The molecule has 3 aromatic rings. The standard InChI is InChI=1S/C21H21N3O4S/c1-26-16-11-18(28-3)17(27-2)10-15(16)12-23-24-20(25)13-29-19-8-4-6-14-7-5-9-22-21(14)19/h4-12H,13H2,1-3H3,(H,24,25)/b23-12-. The summed E-state index contributed by atoms with van der Waals surface area (Å²) >= 11 is 1.41. The third-order valence-corrected chi connectivity index (χ3v) is 5.13. The van der Waals surface area contributed by atoms with Crippen LogP contribution >= 0.6 is 11.8 Å². The number of aromatic nitrogens is 1. The molecule has 0 radical (unpaired) electrons. The normalized spacial score (nSPS) is 10.9. The second-order valence-electron chi connectivity index (χ2n) is 5.86.